The van der Waals surface area contributed by atoms with Crippen LogP contribution in [0.15, 0.2) is 0 Å². The van der Waals surface area contributed by atoms with Gasteiger partial charge in [-0.25, -0.2) is 0 Å². The molecule has 2 atom stereocenters. The zero-order valence-electron chi connectivity index (χ0n) is 40.4. The molecular formula is C53H102O6. The van der Waals surface area contributed by atoms with Crippen molar-refractivity contribution in [2.45, 2.75) is 298 Å². The van der Waals surface area contributed by atoms with Gasteiger partial charge in [-0.1, -0.05) is 253 Å². The Morgan fingerprint density at radius 2 is 0.644 bits per heavy atom. The molecule has 6 heteroatoms. The van der Waals surface area contributed by atoms with Crippen LogP contribution in [0.2, 0.25) is 0 Å². The van der Waals surface area contributed by atoms with Gasteiger partial charge >= 0.3 is 17.9 Å². The van der Waals surface area contributed by atoms with Gasteiger partial charge in [0.15, 0.2) is 6.10 Å². The van der Waals surface area contributed by atoms with Gasteiger partial charge in [0.25, 0.3) is 0 Å². The number of hydrogen-bond donors (Lipinski definition) is 0. The van der Waals surface area contributed by atoms with Crippen LogP contribution in [-0.2, 0) is 28.6 Å². The van der Waals surface area contributed by atoms with Crippen LogP contribution in [0.25, 0.3) is 0 Å². The molecule has 0 heterocycles. The highest BCUT2D eigenvalue weighted by Gasteiger charge is 2.19. The van der Waals surface area contributed by atoms with E-state index >= 15 is 0 Å². The summed E-state index contributed by atoms with van der Waals surface area (Å²) in [4.78, 5) is 37.9. The van der Waals surface area contributed by atoms with Crippen LogP contribution >= 0.6 is 0 Å². The smallest absolute Gasteiger partial charge is 0.306 e. The molecule has 0 rings (SSSR count). The van der Waals surface area contributed by atoms with Gasteiger partial charge in [0.05, 0.1) is 0 Å². The van der Waals surface area contributed by atoms with E-state index in [1.165, 1.54) is 180 Å². The molecule has 0 aliphatic rings. The van der Waals surface area contributed by atoms with Crippen molar-refractivity contribution >= 4 is 17.9 Å². The number of carbonyl (C=O) groups excluding carboxylic acids is 3. The number of unbranched alkanes of at least 4 members (excludes halogenated alkanes) is 31. The van der Waals surface area contributed by atoms with Crippen LogP contribution in [0.5, 0.6) is 0 Å². The van der Waals surface area contributed by atoms with Gasteiger partial charge in [-0.15, -0.1) is 0 Å². The first-order valence-electron chi connectivity index (χ1n) is 26.3. The maximum absolute atomic E-state index is 12.8. The Kier molecular flexibility index (Phi) is 44.7. The zero-order valence-corrected chi connectivity index (χ0v) is 40.4. The Balaban J connectivity index is 4.26. The molecule has 0 aromatic rings. The van der Waals surface area contributed by atoms with Crippen LogP contribution in [0, 0.1) is 11.8 Å². The zero-order chi connectivity index (χ0) is 43.3. The maximum Gasteiger partial charge on any atom is 0.306 e. The molecule has 0 spiro atoms. The van der Waals surface area contributed by atoms with Crippen molar-refractivity contribution < 1.29 is 28.6 Å². The van der Waals surface area contributed by atoms with E-state index in [2.05, 4.69) is 34.6 Å². The summed E-state index contributed by atoms with van der Waals surface area (Å²) >= 11 is 0. The molecule has 0 amide bonds. The number of hydrogen-bond acceptors (Lipinski definition) is 6. The number of ether oxygens (including phenoxy) is 3. The molecule has 0 saturated carbocycles. The Morgan fingerprint density at radius 1 is 0.356 bits per heavy atom. The fourth-order valence-electron chi connectivity index (χ4n) is 7.96. The first-order chi connectivity index (χ1) is 28.8. The van der Waals surface area contributed by atoms with Crippen molar-refractivity contribution in [1.82, 2.24) is 0 Å². The molecule has 0 aliphatic heterocycles. The van der Waals surface area contributed by atoms with Crippen molar-refractivity contribution in [3.8, 4) is 0 Å². The molecule has 59 heavy (non-hydrogen) atoms. The summed E-state index contributed by atoms with van der Waals surface area (Å²) in [6.45, 7) is 11.4. The Labute approximate surface area is 368 Å². The van der Waals surface area contributed by atoms with Crippen LogP contribution in [0.4, 0.5) is 0 Å². The summed E-state index contributed by atoms with van der Waals surface area (Å²) < 4.78 is 16.8. The van der Waals surface area contributed by atoms with E-state index < -0.39 is 6.10 Å². The van der Waals surface area contributed by atoms with Gasteiger partial charge in [0.1, 0.15) is 13.2 Å². The van der Waals surface area contributed by atoms with Crippen LogP contribution in [0.1, 0.15) is 291 Å². The predicted octanol–water partition coefficient (Wildman–Crippen LogP) is 16.9. The summed E-state index contributed by atoms with van der Waals surface area (Å²) in [6, 6.07) is 0. The van der Waals surface area contributed by atoms with Gasteiger partial charge in [-0.05, 0) is 31.1 Å². The SMILES string of the molecule is CCCCCCCCCCCC(=O)OC[C@H](COC(=O)CCCCCCCCCCCCCC(C)C)OC(=O)CCCCCCCCCCCCCCCCC(C)CC. The van der Waals surface area contributed by atoms with Gasteiger partial charge in [-0.2, -0.15) is 0 Å². The maximum atomic E-state index is 12.8. The highest BCUT2D eigenvalue weighted by Crippen LogP contribution is 2.18. The van der Waals surface area contributed by atoms with Gasteiger partial charge < -0.3 is 14.2 Å². The second kappa shape index (κ2) is 45.9. The quantitative estimate of drug-likeness (QED) is 0.0345. The third-order valence-corrected chi connectivity index (χ3v) is 12.3. The first kappa shape index (κ1) is 57.4. The fourth-order valence-corrected chi connectivity index (χ4v) is 7.96. The average Bonchev–Trinajstić information content (AvgIpc) is 3.22. The van der Waals surface area contributed by atoms with E-state index in [-0.39, 0.29) is 31.1 Å². The molecule has 0 aliphatic carbocycles. The Morgan fingerprint density at radius 3 is 0.966 bits per heavy atom. The second-order valence-corrected chi connectivity index (χ2v) is 18.9. The van der Waals surface area contributed by atoms with Crippen molar-refractivity contribution in [1.29, 1.82) is 0 Å². The van der Waals surface area contributed by atoms with Gasteiger partial charge in [0, 0.05) is 19.3 Å². The van der Waals surface area contributed by atoms with E-state index in [0.717, 1.165) is 69.6 Å². The van der Waals surface area contributed by atoms with E-state index in [1.807, 2.05) is 0 Å². The minimum absolute atomic E-state index is 0.0637. The molecule has 350 valence electrons. The Bertz CT molecular complexity index is 902. The lowest BCUT2D eigenvalue weighted by Crippen LogP contribution is -2.30. The minimum atomic E-state index is -0.761. The van der Waals surface area contributed by atoms with E-state index in [4.69, 9.17) is 14.2 Å². The lowest BCUT2D eigenvalue weighted by Gasteiger charge is -2.18. The van der Waals surface area contributed by atoms with Crippen molar-refractivity contribution in [2.75, 3.05) is 13.2 Å². The highest BCUT2D eigenvalue weighted by atomic mass is 16.6. The van der Waals surface area contributed by atoms with Gasteiger partial charge in [0.2, 0.25) is 0 Å². The largest absolute Gasteiger partial charge is 0.462 e. The van der Waals surface area contributed by atoms with E-state index in [9.17, 15) is 14.4 Å². The van der Waals surface area contributed by atoms with E-state index in [1.54, 1.807) is 0 Å². The number of esters is 3. The van der Waals surface area contributed by atoms with Gasteiger partial charge in [-0.3, -0.25) is 14.4 Å². The molecule has 0 radical (unpaired) electrons. The molecule has 6 nitrogen and oxygen atoms in total. The first-order valence-corrected chi connectivity index (χ1v) is 26.3. The summed E-state index contributed by atoms with van der Waals surface area (Å²) in [5, 5.41) is 0. The average molecular weight is 835 g/mol. The standard InChI is InChI=1S/C53H102O6/c1-6-8-9-10-11-21-28-33-38-43-51(54)57-46-50(47-58-52(55)44-39-34-29-24-20-16-17-22-26-31-36-41-48(3)4)59-53(56)45-40-35-30-25-19-15-13-12-14-18-23-27-32-37-42-49(5)7-2/h48-50H,6-47H2,1-5H3/t49?,50-/m1/s1. The lowest BCUT2D eigenvalue weighted by atomic mass is 9.99. The third-order valence-electron chi connectivity index (χ3n) is 12.3. The highest BCUT2D eigenvalue weighted by molar-refractivity contribution is 5.71. The lowest BCUT2D eigenvalue weighted by molar-refractivity contribution is -0.167. The number of carbonyl (C=O) groups is 3. The summed E-state index contributed by atoms with van der Waals surface area (Å²) in [5.74, 6) is 0.872. The topological polar surface area (TPSA) is 78.9 Å². The van der Waals surface area contributed by atoms with Crippen molar-refractivity contribution in [3.63, 3.8) is 0 Å². The molecular weight excluding hydrogens is 733 g/mol. The van der Waals surface area contributed by atoms with Crippen molar-refractivity contribution in [3.05, 3.63) is 0 Å². The fraction of sp³-hybridized carbons (Fsp3) is 0.943. The minimum Gasteiger partial charge on any atom is -0.462 e. The summed E-state index contributed by atoms with van der Waals surface area (Å²) in [5.41, 5.74) is 0. The van der Waals surface area contributed by atoms with Crippen LogP contribution in [0.3, 0.4) is 0 Å². The number of rotatable bonds is 47. The molecule has 0 bridgehead atoms. The summed E-state index contributed by atoms with van der Waals surface area (Å²) in [7, 11) is 0. The van der Waals surface area contributed by atoms with Crippen molar-refractivity contribution in [2.24, 2.45) is 11.8 Å². The van der Waals surface area contributed by atoms with Crippen LogP contribution in [-0.4, -0.2) is 37.2 Å². The van der Waals surface area contributed by atoms with E-state index in [0.29, 0.717) is 19.3 Å². The predicted molar refractivity (Wildman–Crippen MR) is 252 cm³/mol. The molecule has 1 unspecified atom stereocenters. The second-order valence-electron chi connectivity index (χ2n) is 18.9. The molecule has 0 aromatic carbocycles. The monoisotopic (exact) mass is 835 g/mol. The molecule has 0 N–H and O–H groups in total. The molecule has 0 fully saturated rings. The summed E-state index contributed by atoms with van der Waals surface area (Å²) in [6.07, 6.45) is 46.6. The molecule has 0 aromatic heterocycles. The molecule has 0 saturated heterocycles. The normalized spacial score (nSPS) is 12.5. The van der Waals surface area contributed by atoms with Crippen LogP contribution < -0.4 is 0 Å². The third kappa shape index (κ3) is 45.8. The Hall–Kier alpha value is -1.59.